The van der Waals surface area contributed by atoms with Crippen molar-refractivity contribution in [1.29, 1.82) is 0 Å². The first kappa shape index (κ1) is 18.5. The zero-order chi connectivity index (χ0) is 19.1. The molecule has 138 valence electrons. The smallest absolute Gasteiger partial charge is 0.252 e. The summed E-state index contributed by atoms with van der Waals surface area (Å²) in [5.41, 5.74) is 3.73. The molecule has 0 saturated heterocycles. The highest BCUT2D eigenvalue weighted by Gasteiger charge is 2.08. The second-order valence-electron chi connectivity index (χ2n) is 6.19. The van der Waals surface area contributed by atoms with Crippen molar-refractivity contribution in [3.63, 3.8) is 0 Å². The van der Waals surface area contributed by atoms with Gasteiger partial charge in [-0.05, 0) is 48.7 Å². The van der Waals surface area contributed by atoms with Crippen LogP contribution in [0.3, 0.4) is 0 Å². The summed E-state index contributed by atoms with van der Waals surface area (Å²) in [4.78, 5) is 16.6. The van der Waals surface area contributed by atoms with E-state index in [1.54, 1.807) is 19.4 Å². The van der Waals surface area contributed by atoms with Gasteiger partial charge in [0.05, 0.1) is 12.7 Å². The average Bonchev–Trinajstić information content (AvgIpc) is 2.70. The van der Waals surface area contributed by atoms with Gasteiger partial charge in [-0.25, -0.2) is 4.98 Å². The molecule has 0 fully saturated rings. The van der Waals surface area contributed by atoms with Crippen LogP contribution in [-0.4, -0.2) is 24.5 Å². The molecule has 5 nitrogen and oxygen atoms in total. The van der Waals surface area contributed by atoms with Gasteiger partial charge in [0.2, 0.25) is 0 Å². The van der Waals surface area contributed by atoms with Gasteiger partial charge in [0.1, 0.15) is 11.6 Å². The van der Waals surface area contributed by atoms with Crippen LogP contribution in [0.2, 0.25) is 0 Å². The minimum absolute atomic E-state index is 0.139. The molecular weight excluding hydrogens is 338 g/mol. The number of benzene rings is 2. The van der Waals surface area contributed by atoms with E-state index in [2.05, 4.69) is 15.6 Å². The van der Waals surface area contributed by atoms with Crippen LogP contribution < -0.4 is 15.4 Å². The number of anilines is 2. The first-order chi connectivity index (χ1) is 13.2. The third-order valence-electron chi connectivity index (χ3n) is 4.31. The van der Waals surface area contributed by atoms with Crippen LogP contribution in [0.25, 0.3) is 0 Å². The van der Waals surface area contributed by atoms with Gasteiger partial charge in [0.25, 0.3) is 5.91 Å². The molecule has 1 amide bonds. The van der Waals surface area contributed by atoms with Crippen molar-refractivity contribution in [3.05, 3.63) is 83.6 Å². The van der Waals surface area contributed by atoms with Gasteiger partial charge in [0, 0.05) is 18.4 Å². The van der Waals surface area contributed by atoms with Crippen LogP contribution in [-0.2, 0) is 6.42 Å². The summed E-state index contributed by atoms with van der Waals surface area (Å²) in [5, 5.41) is 6.18. The van der Waals surface area contributed by atoms with E-state index >= 15 is 0 Å². The molecule has 0 aliphatic rings. The zero-order valence-corrected chi connectivity index (χ0v) is 15.5. The third kappa shape index (κ3) is 4.85. The molecule has 0 atom stereocenters. The molecular formula is C22H23N3O2. The van der Waals surface area contributed by atoms with E-state index < -0.39 is 0 Å². The van der Waals surface area contributed by atoms with Gasteiger partial charge >= 0.3 is 0 Å². The van der Waals surface area contributed by atoms with Crippen molar-refractivity contribution in [2.75, 3.05) is 19.0 Å². The predicted octanol–water partition coefficient (Wildman–Crippen LogP) is 4.11. The number of aromatic nitrogens is 1. The minimum Gasteiger partial charge on any atom is -0.496 e. The fourth-order valence-electron chi connectivity index (χ4n) is 2.78. The summed E-state index contributed by atoms with van der Waals surface area (Å²) < 4.78 is 5.33. The molecule has 5 heteroatoms. The van der Waals surface area contributed by atoms with Gasteiger partial charge in [-0.3, -0.25) is 4.79 Å². The normalized spacial score (nSPS) is 10.3. The van der Waals surface area contributed by atoms with Crippen LogP contribution >= 0.6 is 0 Å². The molecule has 1 heterocycles. The monoisotopic (exact) mass is 361 g/mol. The number of amides is 1. The lowest BCUT2D eigenvalue weighted by Crippen LogP contribution is -2.25. The highest BCUT2D eigenvalue weighted by molar-refractivity contribution is 5.94. The van der Waals surface area contributed by atoms with E-state index in [4.69, 9.17) is 4.74 Å². The molecule has 1 aromatic heterocycles. The quantitative estimate of drug-likeness (QED) is 0.665. The largest absolute Gasteiger partial charge is 0.496 e. The standard InChI is InChI=1S/C22H23N3O2/c1-16-7-3-5-9-19(16)25-21-12-11-18(15-24-21)22(26)23-14-13-17-8-4-6-10-20(17)27-2/h3-12,15H,13-14H2,1-2H3,(H,23,26)(H,24,25). The Kier molecular flexibility index (Phi) is 6.05. The molecule has 0 aliphatic heterocycles. The van der Waals surface area contributed by atoms with E-state index in [1.165, 1.54) is 0 Å². The van der Waals surface area contributed by atoms with Gasteiger partial charge in [-0.15, -0.1) is 0 Å². The Labute approximate surface area is 159 Å². The first-order valence-corrected chi connectivity index (χ1v) is 8.86. The molecule has 0 radical (unpaired) electrons. The van der Waals surface area contributed by atoms with Crippen molar-refractivity contribution in [2.24, 2.45) is 0 Å². The molecule has 27 heavy (non-hydrogen) atoms. The lowest BCUT2D eigenvalue weighted by atomic mass is 10.1. The predicted molar refractivity (Wildman–Crippen MR) is 108 cm³/mol. The highest BCUT2D eigenvalue weighted by atomic mass is 16.5. The third-order valence-corrected chi connectivity index (χ3v) is 4.31. The Morgan fingerprint density at radius 3 is 2.56 bits per heavy atom. The molecule has 0 aliphatic carbocycles. The van der Waals surface area contributed by atoms with Gasteiger partial charge in [0.15, 0.2) is 0 Å². The van der Waals surface area contributed by atoms with Crippen LogP contribution in [0.1, 0.15) is 21.5 Å². The van der Waals surface area contributed by atoms with E-state index in [0.29, 0.717) is 24.3 Å². The zero-order valence-electron chi connectivity index (χ0n) is 15.5. The van der Waals surface area contributed by atoms with Crippen molar-refractivity contribution < 1.29 is 9.53 Å². The average molecular weight is 361 g/mol. The van der Waals surface area contributed by atoms with Crippen molar-refractivity contribution in [1.82, 2.24) is 10.3 Å². The maximum Gasteiger partial charge on any atom is 0.252 e. The van der Waals surface area contributed by atoms with Crippen LogP contribution in [0.5, 0.6) is 5.75 Å². The molecule has 0 unspecified atom stereocenters. The number of methoxy groups -OCH3 is 1. The molecule has 0 saturated carbocycles. The Hall–Kier alpha value is -3.34. The molecule has 2 N–H and O–H groups in total. The fraction of sp³-hybridized carbons (Fsp3) is 0.182. The maximum atomic E-state index is 12.3. The van der Waals surface area contributed by atoms with E-state index in [1.807, 2.05) is 61.5 Å². The van der Waals surface area contributed by atoms with Crippen LogP contribution in [0.4, 0.5) is 11.5 Å². The summed E-state index contributed by atoms with van der Waals surface area (Å²) in [7, 11) is 1.65. The highest BCUT2D eigenvalue weighted by Crippen LogP contribution is 2.19. The van der Waals surface area contributed by atoms with E-state index in [0.717, 1.165) is 22.6 Å². The summed E-state index contributed by atoms with van der Waals surface area (Å²) in [6.45, 7) is 2.56. The summed E-state index contributed by atoms with van der Waals surface area (Å²) in [6, 6.07) is 19.4. The Bertz CT molecular complexity index is 907. The number of carbonyl (C=O) groups excluding carboxylic acids is 1. The molecule has 0 spiro atoms. The molecule has 3 aromatic rings. The second kappa shape index (κ2) is 8.85. The number of nitrogens with zero attached hydrogens (tertiary/aromatic N) is 1. The molecule has 2 aromatic carbocycles. The number of carbonyl (C=O) groups is 1. The lowest BCUT2D eigenvalue weighted by molar-refractivity contribution is 0.0953. The number of ether oxygens (including phenoxy) is 1. The lowest BCUT2D eigenvalue weighted by Gasteiger charge is -2.10. The van der Waals surface area contributed by atoms with Gasteiger partial charge in [-0.2, -0.15) is 0 Å². The first-order valence-electron chi connectivity index (χ1n) is 8.86. The van der Waals surface area contributed by atoms with Crippen molar-refractivity contribution in [2.45, 2.75) is 13.3 Å². The van der Waals surface area contributed by atoms with Crippen LogP contribution in [0, 0.1) is 6.92 Å². The topological polar surface area (TPSA) is 63.2 Å². The Balaban J connectivity index is 1.55. The minimum atomic E-state index is -0.139. The Morgan fingerprint density at radius 2 is 1.81 bits per heavy atom. The summed E-state index contributed by atoms with van der Waals surface area (Å²) >= 11 is 0. The van der Waals surface area contributed by atoms with Crippen molar-refractivity contribution in [3.8, 4) is 5.75 Å². The summed E-state index contributed by atoms with van der Waals surface area (Å²) in [6.07, 6.45) is 2.29. The maximum absolute atomic E-state index is 12.3. The number of para-hydroxylation sites is 2. The number of rotatable bonds is 7. The Morgan fingerprint density at radius 1 is 1.04 bits per heavy atom. The summed E-state index contributed by atoms with van der Waals surface area (Å²) in [5.74, 6) is 1.40. The van der Waals surface area contributed by atoms with E-state index in [9.17, 15) is 4.79 Å². The van der Waals surface area contributed by atoms with Gasteiger partial charge < -0.3 is 15.4 Å². The van der Waals surface area contributed by atoms with E-state index in [-0.39, 0.29) is 5.91 Å². The number of hydrogen-bond acceptors (Lipinski definition) is 4. The molecule has 0 bridgehead atoms. The number of aryl methyl sites for hydroxylation is 1. The SMILES string of the molecule is COc1ccccc1CCNC(=O)c1ccc(Nc2ccccc2C)nc1. The molecule has 3 rings (SSSR count). The number of pyridine rings is 1. The fourth-order valence-corrected chi connectivity index (χ4v) is 2.78. The number of nitrogens with one attached hydrogen (secondary N) is 2. The van der Waals surface area contributed by atoms with Crippen molar-refractivity contribution >= 4 is 17.4 Å². The van der Waals surface area contributed by atoms with Gasteiger partial charge in [-0.1, -0.05) is 36.4 Å². The number of hydrogen-bond donors (Lipinski definition) is 2. The van der Waals surface area contributed by atoms with Crippen LogP contribution in [0.15, 0.2) is 66.9 Å². The second-order valence-corrected chi connectivity index (χ2v) is 6.19.